The Balaban J connectivity index is 1.41. The second-order valence-electron chi connectivity index (χ2n) is 9.12. The van der Waals surface area contributed by atoms with Crippen LogP contribution in [-0.4, -0.2) is 58.9 Å². The number of amides is 3. The number of benzene rings is 2. The second kappa shape index (κ2) is 9.99. The number of hydrogen-bond acceptors (Lipinski definition) is 6. The summed E-state index contributed by atoms with van der Waals surface area (Å²) in [7, 11) is 0. The molecule has 3 amide bonds. The Labute approximate surface area is 217 Å². The lowest BCUT2D eigenvalue weighted by atomic mass is 10.0. The van der Waals surface area contributed by atoms with Crippen molar-refractivity contribution < 1.29 is 36.5 Å². The van der Waals surface area contributed by atoms with Gasteiger partial charge in [0.05, 0.1) is 21.4 Å². The lowest BCUT2D eigenvalue weighted by molar-refractivity contribution is -0.136. The summed E-state index contributed by atoms with van der Waals surface area (Å²) in [4.78, 5) is 40.7. The Kier molecular flexibility index (Phi) is 5.00. The van der Waals surface area contributed by atoms with Crippen LogP contribution in [0.15, 0.2) is 36.4 Å². The van der Waals surface area contributed by atoms with Gasteiger partial charge in [-0.25, -0.2) is 4.39 Å². The third kappa shape index (κ3) is 4.99. The number of carbonyl (C=O) groups is 3. The van der Waals surface area contributed by atoms with E-state index in [4.69, 9.17) is 17.7 Å². The van der Waals surface area contributed by atoms with E-state index < -0.39 is 48.8 Å². The van der Waals surface area contributed by atoms with Gasteiger partial charge < -0.3 is 14.4 Å². The third-order valence-electron chi connectivity index (χ3n) is 6.17. The average molecular weight is 502 g/mol. The molecule has 5 rings (SSSR count). The van der Waals surface area contributed by atoms with E-state index in [2.05, 4.69) is 4.90 Å². The van der Waals surface area contributed by atoms with E-state index in [0.717, 1.165) is 18.7 Å². The van der Waals surface area contributed by atoms with Crippen molar-refractivity contribution in [3.05, 3.63) is 64.5 Å². The number of fused-ring (bicyclic) bond motifs is 1. The number of morpholine rings is 1. The number of imide groups is 1. The first-order chi connectivity index (χ1) is 19.6. The van der Waals surface area contributed by atoms with Crippen molar-refractivity contribution in [1.82, 2.24) is 15.1 Å². The third-order valence-corrected chi connectivity index (χ3v) is 6.17. The minimum Gasteiger partial charge on any atom is -0.488 e. The molecule has 0 radical (unpaired) electrons. The zero-order valence-corrected chi connectivity index (χ0v) is 19.8. The van der Waals surface area contributed by atoms with Gasteiger partial charge in [-0.3, -0.25) is 24.6 Å². The molecule has 8 nitrogen and oxygen atoms in total. The van der Waals surface area contributed by atoms with Crippen LogP contribution in [0, 0.1) is 5.82 Å². The van der Waals surface area contributed by atoms with E-state index in [9.17, 15) is 18.8 Å². The van der Waals surface area contributed by atoms with Gasteiger partial charge in [-0.1, -0.05) is 12.1 Å². The number of ether oxygens (including phenoxy) is 2. The molecule has 3 heterocycles. The lowest BCUT2D eigenvalue weighted by Crippen LogP contribution is -2.52. The molecule has 2 fully saturated rings. The maximum atomic E-state index is 14.8. The van der Waals surface area contributed by atoms with Crippen LogP contribution in [0.1, 0.15) is 61.9 Å². The van der Waals surface area contributed by atoms with Crippen molar-refractivity contribution in [2.75, 3.05) is 13.1 Å². The van der Waals surface area contributed by atoms with Crippen molar-refractivity contribution in [3.8, 4) is 5.75 Å². The highest BCUT2D eigenvalue weighted by Gasteiger charge is 2.40. The van der Waals surface area contributed by atoms with Gasteiger partial charge in [0.25, 0.3) is 5.91 Å². The van der Waals surface area contributed by atoms with Crippen LogP contribution in [0.25, 0.3) is 0 Å². The molecule has 0 aromatic heterocycles. The maximum absolute atomic E-state index is 14.8. The van der Waals surface area contributed by atoms with E-state index in [1.807, 2.05) is 13.8 Å². The summed E-state index contributed by atoms with van der Waals surface area (Å²) < 4.78 is 76.3. The molecule has 3 unspecified atom stereocenters. The Morgan fingerprint density at radius 2 is 1.94 bits per heavy atom. The van der Waals surface area contributed by atoms with Gasteiger partial charge >= 0.3 is 0 Å². The molecule has 2 aromatic carbocycles. The fraction of sp³-hybridized carbons (Fsp3) is 0.444. The minimum atomic E-state index is -3.27. The molecule has 0 spiro atoms. The van der Waals surface area contributed by atoms with Gasteiger partial charge in [-0.05, 0) is 50.0 Å². The van der Waals surface area contributed by atoms with E-state index in [1.54, 1.807) is 17.4 Å². The van der Waals surface area contributed by atoms with Gasteiger partial charge in [-0.2, -0.15) is 0 Å². The highest BCUT2D eigenvalue weighted by Crippen LogP contribution is 2.34. The standard InChI is InChI=1S/C27H30FN3O5/c1-16-11-30(12-17(2)36-16)13-18-6-7-22(28)19(10-18)15-35-24-5-3-4-20-21(24)14-31(27(20)34)23-8-9-25(32)29-26(23)33/h3-7,10,16-17,23H,8-9,11-15H2,1-2H3,(H,29,32,33)/i8D2,9D2,14D2. The summed E-state index contributed by atoms with van der Waals surface area (Å²) in [5, 5.41) is 1.71. The van der Waals surface area contributed by atoms with Crippen molar-refractivity contribution in [1.29, 1.82) is 0 Å². The predicted octanol–water partition coefficient (Wildman–Crippen LogP) is 2.77. The number of nitrogens with zero attached hydrogens (tertiary/aromatic N) is 2. The zero-order valence-electron chi connectivity index (χ0n) is 25.8. The molecule has 0 saturated carbocycles. The van der Waals surface area contributed by atoms with Gasteiger partial charge in [0.15, 0.2) is 0 Å². The smallest absolute Gasteiger partial charge is 0.255 e. The molecule has 36 heavy (non-hydrogen) atoms. The van der Waals surface area contributed by atoms with Crippen LogP contribution >= 0.6 is 0 Å². The van der Waals surface area contributed by atoms with Gasteiger partial charge in [0.1, 0.15) is 24.2 Å². The molecule has 2 saturated heterocycles. The first-order valence-corrected chi connectivity index (χ1v) is 11.7. The average Bonchev–Trinajstić information content (AvgIpc) is 3.08. The normalized spacial score (nSPS) is 31.2. The van der Waals surface area contributed by atoms with E-state index >= 15 is 0 Å². The van der Waals surface area contributed by atoms with Crippen molar-refractivity contribution in [2.24, 2.45) is 0 Å². The summed E-state index contributed by atoms with van der Waals surface area (Å²) in [5.41, 5.74) is 0.476. The van der Waals surface area contributed by atoms with Gasteiger partial charge in [-0.15, -0.1) is 0 Å². The molecule has 0 bridgehead atoms. The van der Waals surface area contributed by atoms with Crippen LogP contribution < -0.4 is 10.1 Å². The lowest BCUT2D eigenvalue weighted by Gasteiger charge is -2.35. The monoisotopic (exact) mass is 501 g/mol. The molecule has 1 N–H and O–H groups in total. The number of carbonyl (C=O) groups excluding carboxylic acids is 3. The Morgan fingerprint density at radius 3 is 2.72 bits per heavy atom. The molecule has 3 aliphatic heterocycles. The molecule has 3 atom stereocenters. The zero-order chi connectivity index (χ0) is 30.8. The summed E-state index contributed by atoms with van der Waals surface area (Å²) in [6.45, 7) is 2.79. The highest BCUT2D eigenvalue weighted by atomic mass is 19.1. The largest absolute Gasteiger partial charge is 0.488 e. The summed E-state index contributed by atoms with van der Waals surface area (Å²) >= 11 is 0. The van der Waals surface area contributed by atoms with E-state index in [0.29, 0.717) is 11.4 Å². The predicted molar refractivity (Wildman–Crippen MR) is 129 cm³/mol. The number of piperidine rings is 1. The van der Waals surface area contributed by atoms with Gasteiger partial charge in [0.2, 0.25) is 11.8 Å². The highest BCUT2D eigenvalue weighted by molar-refractivity contribution is 6.05. The Hall–Kier alpha value is -3.30. The van der Waals surface area contributed by atoms with Crippen LogP contribution in [0.2, 0.25) is 0 Å². The molecular formula is C27H30FN3O5. The van der Waals surface area contributed by atoms with Crippen LogP contribution in [-0.2, 0) is 34.0 Å². The fourth-order valence-corrected chi connectivity index (χ4v) is 4.68. The summed E-state index contributed by atoms with van der Waals surface area (Å²) in [6, 6.07) is 6.36. The number of halogens is 1. The molecule has 190 valence electrons. The number of nitrogens with one attached hydrogen (secondary N) is 1. The summed E-state index contributed by atoms with van der Waals surface area (Å²) in [5.74, 6) is -4.64. The Morgan fingerprint density at radius 1 is 1.17 bits per heavy atom. The molecule has 2 aromatic rings. The van der Waals surface area contributed by atoms with Crippen molar-refractivity contribution in [3.63, 3.8) is 0 Å². The topological polar surface area (TPSA) is 88.2 Å². The van der Waals surface area contributed by atoms with E-state index in [1.165, 1.54) is 24.3 Å². The second-order valence-corrected chi connectivity index (χ2v) is 9.12. The maximum Gasteiger partial charge on any atom is 0.255 e. The quantitative estimate of drug-likeness (QED) is 0.613. The van der Waals surface area contributed by atoms with Crippen molar-refractivity contribution >= 4 is 17.7 Å². The number of rotatable bonds is 6. The molecule has 0 aliphatic carbocycles. The minimum absolute atomic E-state index is 0.0588. The molecular weight excluding hydrogens is 465 g/mol. The van der Waals surface area contributed by atoms with Gasteiger partial charge in [0, 0.05) is 48.2 Å². The number of hydrogen-bond donors (Lipinski definition) is 1. The first kappa shape index (κ1) is 18.0. The van der Waals surface area contributed by atoms with Crippen LogP contribution in [0.3, 0.4) is 0 Å². The first-order valence-electron chi connectivity index (χ1n) is 14.7. The summed E-state index contributed by atoms with van der Waals surface area (Å²) in [6.07, 6.45) is -6.39. The van der Waals surface area contributed by atoms with Crippen LogP contribution in [0.5, 0.6) is 5.75 Å². The Bertz CT molecular complexity index is 1450. The molecule has 9 heteroatoms. The van der Waals surface area contributed by atoms with Crippen LogP contribution in [0.4, 0.5) is 4.39 Å². The fourth-order valence-electron chi connectivity index (χ4n) is 4.68. The van der Waals surface area contributed by atoms with E-state index in [-0.39, 0.29) is 41.3 Å². The van der Waals surface area contributed by atoms with Crippen molar-refractivity contribution in [2.45, 2.75) is 64.5 Å². The SMILES string of the molecule is [2H]C1([2H])c2c(OCc3cc(CN4CC(C)OC(C)C4)ccc3F)cccc2C(=O)N1C1C(=O)NC(=O)C([2H])([2H])C1([2H])[2H]. The molecule has 3 aliphatic rings.